The Labute approximate surface area is 121 Å². The van der Waals surface area contributed by atoms with Crippen LogP contribution in [-0.2, 0) is 9.59 Å². The molecule has 5 nitrogen and oxygen atoms in total. The lowest BCUT2D eigenvalue weighted by Crippen LogP contribution is -2.38. The van der Waals surface area contributed by atoms with E-state index >= 15 is 0 Å². The summed E-state index contributed by atoms with van der Waals surface area (Å²) in [5.74, 6) is 0.516. The number of likely N-dealkylation sites (tertiary alicyclic amines) is 1. The predicted molar refractivity (Wildman–Crippen MR) is 77.7 cm³/mol. The fraction of sp³-hybridized carbons (Fsp3) is 0.867. The maximum Gasteiger partial charge on any atom is 0.225 e. The molecule has 0 aromatic heterocycles. The van der Waals surface area contributed by atoms with E-state index in [2.05, 4.69) is 0 Å². The van der Waals surface area contributed by atoms with E-state index in [4.69, 9.17) is 11.5 Å². The van der Waals surface area contributed by atoms with Gasteiger partial charge in [-0.3, -0.25) is 9.59 Å². The molecular formula is C15H27N3O2. The van der Waals surface area contributed by atoms with Crippen LogP contribution in [0.4, 0.5) is 0 Å². The molecule has 1 atom stereocenters. The van der Waals surface area contributed by atoms with Crippen molar-refractivity contribution in [3.8, 4) is 0 Å². The van der Waals surface area contributed by atoms with Crippen LogP contribution in [0.1, 0.15) is 51.9 Å². The fourth-order valence-electron chi connectivity index (χ4n) is 3.34. The smallest absolute Gasteiger partial charge is 0.225 e. The van der Waals surface area contributed by atoms with E-state index in [0.717, 1.165) is 32.1 Å². The second-order valence-corrected chi connectivity index (χ2v) is 6.81. The van der Waals surface area contributed by atoms with E-state index < -0.39 is 5.41 Å². The molecule has 1 aliphatic carbocycles. The Hall–Kier alpha value is -1.10. The zero-order chi connectivity index (χ0) is 14.8. The van der Waals surface area contributed by atoms with Gasteiger partial charge in [0.1, 0.15) is 0 Å². The van der Waals surface area contributed by atoms with Crippen LogP contribution in [0.2, 0.25) is 0 Å². The largest absolute Gasteiger partial charge is 0.369 e. The van der Waals surface area contributed by atoms with Crippen LogP contribution in [0.5, 0.6) is 0 Å². The molecule has 5 heteroatoms. The van der Waals surface area contributed by atoms with Crippen LogP contribution in [0.3, 0.4) is 0 Å². The van der Waals surface area contributed by atoms with Crippen LogP contribution in [0, 0.1) is 11.3 Å². The quantitative estimate of drug-likeness (QED) is 0.806. The van der Waals surface area contributed by atoms with Gasteiger partial charge >= 0.3 is 0 Å². The number of rotatable bonds is 4. The van der Waals surface area contributed by atoms with Crippen molar-refractivity contribution in [2.45, 2.75) is 57.9 Å². The molecule has 1 aliphatic heterocycles. The Morgan fingerprint density at radius 1 is 1.25 bits per heavy atom. The van der Waals surface area contributed by atoms with Crippen LogP contribution in [-0.4, -0.2) is 35.8 Å². The van der Waals surface area contributed by atoms with Gasteiger partial charge in [0.2, 0.25) is 11.8 Å². The number of carbonyl (C=O) groups is 2. The van der Waals surface area contributed by atoms with Crippen molar-refractivity contribution in [2.75, 3.05) is 13.1 Å². The average Bonchev–Trinajstić information content (AvgIpc) is 2.82. The summed E-state index contributed by atoms with van der Waals surface area (Å²) in [7, 11) is 0. The highest BCUT2D eigenvalue weighted by Crippen LogP contribution is 2.31. The van der Waals surface area contributed by atoms with E-state index in [0.29, 0.717) is 37.9 Å². The van der Waals surface area contributed by atoms with Gasteiger partial charge in [0.25, 0.3) is 0 Å². The number of hydrogen-bond donors (Lipinski definition) is 2. The summed E-state index contributed by atoms with van der Waals surface area (Å²) in [5, 5.41) is 0. The van der Waals surface area contributed by atoms with Gasteiger partial charge in [-0.05, 0) is 51.4 Å². The average molecular weight is 281 g/mol. The molecule has 1 unspecified atom stereocenters. The third-order valence-corrected chi connectivity index (χ3v) is 5.08. The van der Waals surface area contributed by atoms with Crippen molar-refractivity contribution in [1.82, 2.24) is 4.90 Å². The lowest BCUT2D eigenvalue weighted by molar-refractivity contribution is -0.132. The molecule has 0 radical (unpaired) electrons. The van der Waals surface area contributed by atoms with Crippen molar-refractivity contribution in [3.63, 3.8) is 0 Å². The molecule has 2 amide bonds. The highest BCUT2D eigenvalue weighted by atomic mass is 16.2. The van der Waals surface area contributed by atoms with E-state index in [1.54, 1.807) is 4.90 Å². The number of primary amides is 1. The first kappa shape index (κ1) is 15.3. The molecule has 20 heavy (non-hydrogen) atoms. The van der Waals surface area contributed by atoms with Crippen molar-refractivity contribution in [1.29, 1.82) is 0 Å². The summed E-state index contributed by atoms with van der Waals surface area (Å²) in [6.45, 7) is 3.00. The minimum absolute atomic E-state index is 0.171. The van der Waals surface area contributed by atoms with Gasteiger partial charge in [0.15, 0.2) is 0 Å². The van der Waals surface area contributed by atoms with Crippen LogP contribution in [0.25, 0.3) is 0 Å². The number of amides is 2. The highest BCUT2D eigenvalue weighted by Gasteiger charge is 2.40. The molecule has 0 spiro atoms. The molecule has 1 saturated heterocycles. The zero-order valence-corrected chi connectivity index (χ0v) is 12.4. The SMILES string of the molecule is CC1(C(N)=O)CCN(C(=O)CCC2CCC(N)CC2)C1. The third-order valence-electron chi connectivity index (χ3n) is 5.08. The lowest BCUT2D eigenvalue weighted by Gasteiger charge is -2.26. The van der Waals surface area contributed by atoms with Crippen LogP contribution >= 0.6 is 0 Å². The molecule has 114 valence electrons. The van der Waals surface area contributed by atoms with Gasteiger partial charge in [-0.25, -0.2) is 0 Å². The minimum Gasteiger partial charge on any atom is -0.369 e. The Morgan fingerprint density at radius 2 is 1.90 bits per heavy atom. The number of nitrogens with zero attached hydrogens (tertiary/aromatic N) is 1. The molecule has 0 aromatic carbocycles. The van der Waals surface area contributed by atoms with E-state index in [1.165, 1.54) is 0 Å². The van der Waals surface area contributed by atoms with Gasteiger partial charge in [0.05, 0.1) is 5.41 Å². The summed E-state index contributed by atoms with van der Waals surface area (Å²) >= 11 is 0. The summed E-state index contributed by atoms with van der Waals surface area (Å²) in [6.07, 6.45) is 6.70. The van der Waals surface area contributed by atoms with E-state index in [1.807, 2.05) is 6.92 Å². The summed E-state index contributed by atoms with van der Waals surface area (Å²) < 4.78 is 0. The minimum atomic E-state index is -0.534. The van der Waals surface area contributed by atoms with Gasteiger partial charge in [-0.1, -0.05) is 0 Å². The first-order chi connectivity index (χ1) is 9.40. The predicted octanol–water partition coefficient (Wildman–Crippen LogP) is 1.01. The molecule has 1 heterocycles. The summed E-state index contributed by atoms with van der Waals surface area (Å²) in [4.78, 5) is 25.4. The zero-order valence-electron chi connectivity index (χ0n) is 12.4. The monoisotopic (exact) mass is 281 g/mol. The number of nitrogens with two attached hydrogens (primary N) is 2. The maximum atomic E-state index is 12.2. The Balaban J connectivity index is 1.75. The maximum absolute atomic E-state index is 12.2. The Kier molecular flexibility index (Phi) is 4.68. The fourth-order valence-corrected chi connectivity index (χ4v) is 3.34. The number of hydrogen-bond acceptors (Lipinski definition) is 3. The van der Waals surface area contributed by atoms with Crippen LogP contribution < -0.4 is 11.5 Å². The standard InChI is InChI=1S/C15H27N3O2/c1-15(14(17)20)8-9-18(10-15)13(19)7-4-11-2-5-12(16)6-3-11/h11-12H,2-10,16H2,1H3,(H2,17,20). The van der Waals surface area contributed by atoms with Crippen LogP contribution in [0.15, 0.2) is 0 Å². The number of carbonyl (C=O) groups excluding carboxylic acids is 2. The molecule has 0 bridgehead atoms. The van der Waals surface area contributed by atoms with Gasteiger partial charge in [-0.15, -0.1) is 0 Å². The van der Waals surface area contributed by atoms with Crippen molar-refractivity contribution < 1.29 is 9.59 Å². The van der Waals surface area contributed by atoms with Crippen molar-refractivity contribution in [2.24, 2.45) is 22.8 Å². The molecule has 0 aromatic rings. The van der Waals surface area contributed by atoms with Crippen molar-refractivity contribution >= 4 is 11.8 Å². The lowest BCUT2D eigenvalue weighted by atomic mass is 9.83. The Morgan fingerprint density at radius 3 is 2.45 bits per heavy atom. The topological polar surface area (TPSA) is 89.4 Å². The summed E-state index contributed by atoms with van der Waals surface area (Å²) in [5.41, 5.74) is 10.8. The molecule has 2 aliphatic rings. The molecule has 2 rings (SSSR count). The van der Waals surface area contributed by atoms with Gasteiger partial charge < -0.3 is 16.4 Å². The Bertz CT molecular complexity index is 377. The first-order valence-electron chi connectivity index (χ1n) is 7.74. The molecule has 2 fully saturated rings. The normalized spacial score (nSPS) is 34.2. The summed E-state index contributed by atoms with van der Waals surface area (Å²) in [6, 6.07) is 0.358. The molecule has 4 N–H and O–H groups in total. The second-order valence-electron chi connectivity index (χ2n) is 6.81. The van der Waals surface area contributed by atoms with Crippen molar-refractivity contribution in [3.05, 3.63) is 0 Å². The second kappa shape index (κ2) is 6.12. The van der Waals surface area contributed by atoms with E-state index in [9.17, 15) is 9.59 Å². The molecular weight excluding hydrogens is 254 g/mol. The third kappa shape index (κ3) is 3.51. The first-order valence-corrected chi connectivity index (χ1v) is 7.74. The van der Waals surface area contributed by atoms with Gasteiger partial charge in [0, 0.05) is 25.6 Å². The van der Waals surface area contributed by atoms with E-state index in [-0.39, 0.29) is 11.8 Å². The van der Waals surface area contributed by atoms with Gasteiger partial charge in [-0.2, -0.15) is 0 Å². The molecule has 1 saturated carbocycles. The highest BCUT2D eigenvalue weighted by molar-refractivity contribution is 5.83.